The maximum absolute atomic E-state index is 10.5. The number of hydrogen-bond donors (Lipinski definition) is 1. The third kappa shape index (κ3) is 2.36. The number of aliphatic hydroxyl groups is 1. The number of rotatable bonds is 3. The fourth-order valence-electron chi connectivity index (χ4n) is 1.74. The van der Waals surface area contributed by atoms with Crippen molar-refractivity contribution in [3.63, 3.8) is 0 Å². The Balaban J connectivity index is 2.32. The van der Waals surface area contributed by atoms with Crippen LogP contribution in [0.1, 0.15) is 22.9 Å². The number of nitro groups is 1. The molecule has 0 bridgehead atoms. The molecule has 1 aromatic carbocycles. The monoisotopic (exact) mass is 244 g/mol. The molecular formula is C13H12N2O3. The van der Waals surface area contributed by atoms with Crippen LogP contribution in [-0.4, -0.2) is 15.0 Å². The zero-order valence-corrected chi connectivity index (χ0v) is 9.78. The number of nitro benzene ring substituents is 1. The van der Waals surface area contributed by atoms with Crippen LogP contribution in [0.4, 0.5) is 5.69 Å². The molecule has 5 heteroatoms. The molecule has 2 aromatic rings. The first-order valence-corrected chi connectivity index (χ1v) is 5.43. The number of pyridine rings is 1. The molecule has 0 aliphatic carbocycles. The van der Waals surface area contributed by atoms with Gasteiger partial charge in [0.05, 0.1) is 4.92 Å². The van der Waals surface area contributed by atoms with Crippen LogP contribution in [0, 0.1) is 17.0 Å². The number of aromatic nitrogens is 1. The average Bonchev–Trinajstić information content (AvgIpc) is 2.38. The molecule has 0 saturated heterocycles. The second-order valence-electron chi connectivity index (χ2n) is 3.93. The summed E-state index contributed by atoms with van der Waals surface area (Å²) in [6.45, 7) is 1.81. The lowest BCUT2D eigenvalue weighted by atomic mass is 10.0. The minimum Gasteiger partial charge on any atom is -0.384 e. The highest BCUT2D eigenvalue weighted by Gasteiger charge is 2.14. The number of non-ortho nitro benzene ring substituents is 1. The number of benzene rings is 1. The second kappa shape index (κ2) is 4.93. The minimum absolute atomic E-state index is 0.00820. The molecule has 0 fully saturated rings. The van der Waals surface area contributed by atoms with Crippen LogP contribution in [-0.2, 0) is 0 Å². The van der Waals surface area contributed by atoms with Gasteiger partial charge in [0.25, 0.3) is 5.69 Å². The highest BCUT2D eigenvalue weighted by Crippen LogP contribution is 2.25. The summed E-state index contributed by atoms with van der Waals surface area (Å²) in [5.41, 5.74) is 2.06. The summed E-state index contributed by atoms with van der Waals surface area (Å²) in [5.74, 6) is 0. The molecule has 5 nitrogen and oxygen atoms in total. The van der Waals surface area contributed by atoms with Crippen LogP contribution in [0.15, 0.2) is 42.6 Å². The van der Waals surface area contributed by atoms with Gasteiger partial charge >= 0.3 is 0 Å². The summed E-state index contributed by atoms with van der Waals surface area (Å²) in [7, 11) is 0. The van der Waals surface area contributed by atoms with E-state index in [1.54, 1.807) is 30.5 Å². The molecule has 1 N–H and O–H groups in total. The van der Waals surface area contributed by atoms with Crippen molar-refractivity contribution in [1.82, 2.24) is 4.98 Å². The van der Waals surface area contributed by atoms with E-state index in [0.717, 1.165) is 5.69 Å². The Bertz CT molecular complexity index is 567. The van der Waals surface area contributed by atoms with Crippen molar-refractivity contribution < 1.29 is 10.0 Å². The van der Waals surface area contributed by atoms with Crippen LogP contribution in [0.25, 0.3) is 0 Å². The van der Waals surface area contributed by atoms with Gasteiger partial charge in [-0.25, -0.2) is 0 Å². The first-order chi connectivity index (χ1) is 8.59. The molecule has 0 spiro atoms. The normalized spacial score (nSPS) is 12.1. The quantitative estimate of drug-likeness (QED) is 0.664. The van der Waals surface area contributed by atoms with Crippen molar-refractivity contribution in [2.75, 3.05) is 0 Å². The van der Waals surface area contributed by atoms with Crippen LogP contribution in [0.3, 0.4) is 0 Å². The lowest BCUT2D eigenvalue weighted by Gasteiger charge is -2.12. The highest BCUT2D eigenvalue weighted by atomic mass is 16.6. The summed E-state index contributed by atoms with van der Waals surface area (Å²) >= 11 is 0. The Hall–Kier alpha value is -2.27. The van der Waals surface area contributed by atoms with E-state index in [4.69, 9.17) is 0 Å². The predicted molar refractivity (Wildman–Crippen MR) is 66.1 cm³/mol. The van der Waals surface area contributed by atoms with Crippen LogP contribution < -0.4 is 0 Å². The van der Waals surface area contributed by atoms with Crippen molar-refractivity contribution >= 4 is 5.69 Å². The fourth-order valence-corrected chi connectivity index (χ4v) is 1.74. The smallest absolute Gasteiger partial charge is 0.269 e. The Morgan fingerprint density at radius 3 is 2.50 bits per heavy atom. The molecular weight excluding hydrogens is 232 g/mol. The van der Waals surface area contributed by atoms with Gasteiger partial charge in [-0.2, -0.15) is 0 Å². The van der Waals surface area contributed by atoms with Gasteiger partial charge in [-0.15, -0.1) is 0 Å². The van der Waals surface area contributed by atoms with Crippen molar-refractivity contribution in [2.45, 2.75) is 13.0 Å². The summed E-state index contributed by atoms with van der Waals surface area (Å²) in [6, 6.07) is 9.39. The van der Waals surface area contributed by atoms with E-state index < -0.39 is 11.0 Å². The molecule has 18 heavy (non-hydrogen) atoms. The molecule has 0 saturated carbocycles. The molecule has 0 aliphatic heterocycles. The zero-order valence-electron chi connectivity index (χ0n) is 9.78. The summed E-state index contributed by atoms with van der Waals surface area (Å²) in [4.78, 5) is 14.2. The largest absolute Gasteiger partial charge is 0.384 e. The van der Waals surface area contributed by atoms with Gasteiger partial charge in [0.15, 0.2) is 0 Å². The van der Waals surface area contributed by atoms with Crippen LogP contribution in [0.2, 0.25) is 0 Å². The number of aliphatic hydroxyl groups excluding tert-OH is 1. The summed E-state index contributed by atoms with van der Waals surface area (Å²) in [5, 5.41) is 20.7. The molecule has 1 heterocycles. The van der Waals surface area contributed by atoms with Crippen LogP contribution in [0.5, 0.6) is 0 Å². The molecule has 1 unspecified atom stereocenters. The average molecular weight is 244 g/mol. The zero-order chi connectivity index (χ0) is 13.1. The number of aryl methyl sites for hydroxylation is 1. The Morgan fingerprint density at radius 1 is 1.28 bits per heavy atom. The molecule has 0 aliphatic rings. The van der Waals surface area contributed by atoms with Gasteiger partial charge in [0.1, 0.15) is 6.10 Å². The third-order valence-corrected chi connectivity index (χ3v) is 2.76. The second-order valence-corrected chi connectivity index (χ2v) is 3.93. The molecule has 2 rings (SSSR count). The summed E-state index contributed by atoms with van der Waals surface area (Å²) < 4.78 is 0. The van der Waals surface area contributed by atoms with Crippen molar-refractivity contribution in [1.29, 1.82) is 0 Å². The Kier molecular flexibility index (Phi) is 3.34. The summed E-state index contributed by atoms with van der Waals surface area (Å²) in [6.07, 6.45) is 0.834. The van der Waals surface area contributed by atoms with Crippen LogP contribution >= 0.6 is 0 Å². The van der Waals surface area contributed by atoms with Gasteiger partial charge in [-0.05, 0) is 30.7 Å². The van der Waals surface area contributed by atoms with E-state index in [2.05, 4.69) is 4.98 Å². The first-order valence-electron chi connectivity index (χ1n) is 5.43. The maximum atomic E-state index is 10.5. The molecule has 1 atom stereocenters. The van der Waals surface area contributed by atoms with Crippen molar-refractivity contribution in [2.24, 2.45) is 0 Å². The fraction of sp³-hybridized carbons (Fsp3) is 0.154. The van der Waals surface area contributed by atoms with E-state index in [9.17, 15) is 15.2 Å². The van der Waals surface area contributed by atoms with Gasteiger partial charge in [0.2, 0.25) is 0 Å². The third-order valence-electron chi connectivity index (χ3n) is 2.76. The van der Waals surface area contributed by atoms with Gasteiger partial charge < -0.3 is 5.11 Å². The molecule has 1 aromatic heterocycles. The maximum Gasteiger partial charge on any atom is 0.269 e. The minimum atomic E-state index is -0.820. The highest BCUT2D eigenvalue weighted by molar-refractivity contribution is 5.38. The number of nitrogens with zero attached hydrogens (tertiary/aromatic N) is 2. The standard InChI is InChI=1S/C13H12N2O3/c1-9-12(3-2-8-14-9)13(16)10-4-6-11(7-5-10)15(17)18/h2-8,13,16H,1H3. The lowest BCUT2D eigenvalue weighted by molar-refractivity contribution is -0.384. The topological polar surface area (TPSA) is 76.3 Å². The molecule has 0 radical (unpaired) electrons. The van der Waals surface area contributed by atoms with Gasteiger partial charge in [-0.3, -0.25) is 15.1 Å². The van der Waals surface area contributed by atoms with Gasteiger partial charge in [0, 0.05) is 29.6 Å². The molecule has 0 amide bonds. The first kappa shape index (κ1) is 12.2. The molecule has 92 valence electrons. The van der Waals surface area contributed by atoms with E-state index in [1.807, 2.05) is 6.92 Å². The number of hydrogen-bond acceptors (Lipinski definition) is 4. The Labute approximate surface area is 104 Å². The SMILES string of the molecule is Cc1ncccc1C(O)c1ccc([N+](=O)[O-])cc1. The van der Waals surface area contributed by atoms with Gasteiger partial charge in [-0.1, -0.05) is 6.07 Å². The lowest BCUT2D eigenvalue weighted by Crippen LogP contribution is -2.03. The Morgan fingerprint density at radius 2 is 1.94 bits per heavy atom. The predicted octanol–water partition coefficient (Wildman–Crippen LogP) is 2.38. The van der Waals surface area contributed by atoms with E-state index in [1.165, 1.54) is 12.1 Å². The van der Waals surface area contributed by atoms with E-state index >= 15 is 0 Å². The van der Waals surface area contributed by atoms with E-state index in [-0.39, 0.29) is 5.69 Å². The van der Waals surface area contributed by atoms with E-state index in [0.29, 0.717) is 11.1 Å². The van der Waals surface area contributed by atoms with Crippen molar-refractivity contribution in [3.05, 3.63) is 69.5 Å². The van der Waals surface area contributed by atoms with Crippen molar-refractivity contribution in [3.8, 4) is 0 Å².